The molecule has 0 radical (unpaired) electrons. The van der Waals surface area contributed by atoms with Crippen molar-refractivity contribution in [1.29, 1.82) is 10.5 Å². The van der Waals surface area contributed by atoms with Crippen molar-refractivity contribution in [3.63, 3.8) is 0 Å². The molecule has 1 fully saturated rings. The Morgan fingerprint density at radius 1 is 1.25 bits per heavy atom. The zero-order valence-corrected chi connectivity index (χ0v) is 10.3. The minimum Gasteiger partial charge on any atom is -0.298 e. The number of nitrogens with zero attached hydrogens (tertiary/aromatic N) is 3. The molecule has 88 valence electrons. The third kappa shape index (κ3) is 3.22. The molecule has 0 amide bonds. The quantitative estimate of drug-likeness (QED) is 0.686. The van der Waals surface area contributed by atoms with E-state index >= 15 is 0 Å². The lowest BCUT2D eigenvalue weighted by atomic mass is 9.94. The van der Waals surface area contributed by atoms with E-state index in [-0.39, 0.29) is 12.0 Å². The molecule has 1 aliphatic rings. The molecule has 0 aromatic carbocycles. The molecule has 3 atom stereocenters. The highest BCUT2D eigenvalue weighted by Gasteiger charge is 2.29. The van der Waals surface area contributed by atoms with Crippen LogP contribution in [0.4, 0.5) is 0 Å². The number of nitriles is 2. The second-order valence-electron chi connectivity index (χ2n) is 4.82. The minimum absolute atomic E-state index is 0.147. The monoisotopic (exact) mass is 219 g/mol. The molecule has 1 saturated carbocycles. The first-order valence-electron chi connectivity index (χ1n) is 6.19. The predicted molar refractivity (Wildman–Crippen MR) is 63.4 cm³/mol. The molecule has 3 unspecified atom stereocenters. The van der Waals surface area contributed by atoms with Crippen molar-refractivity contribution in [1.82, 2.24) is 4.90 Å². The van der Waals surface area contributed by atoms with Crippen LogP contribution in [0.25, 0.3) is 0 Å². The summed E-state index contributed by atoms with van der Waals surface area (Å²) in [6, 6.07) is 5.26. The van der Waals surface area contributed by atoms with Crippen LogP contribution >= 0.6 is 0 Å². The predicted octanol–water partition coefficient (Wildman–Crippen LogP) is 2.69. The Bertz CT molecular complexity index is 287. The van der Waals surface area contributed by atoms with E-state index in [2.05, 4.69) is 31.0 Å². The van der Waals surface area contributed by atoms with Crippen LogP contribution in [-0.2, 0) is 0 Å². The van der Waals surface area contributed by atoms with Gasteiger partial charge in [-0.1, -0.05) is 19.3 Å². The Balaban J connectivity index is 2.67. The van der Waals surface area contributed by atoms with Gasteiger partial charge in [-0.15, -0.1) is 0 Å². The summed E-state index contributed by atoms with van der Waals surface area (Å²) in [5.41, 5.74) is 0. The largest absolute Gasteiger partial charge is 0.298 e. The van der Waals surface area contributed by atoms with E-state index in [4.69, 9.17) is 5.26 Å². The third-order valence-corrected chi connectivity index (χ3v) is 3.75. The van der Waals surface area contributed by atoms with Crippen LogP contribution in [0.5, 0.6) is 0 Å². The van der Waals surface area contributed by atoms with E-state index in [1.54, 1.807) is 0 Å². The summed E-state index contributed by atoms with van der Waals surface area (Å²) in [7, 11) is 2.06. The maximum absolute atomic E-state index is 9.21. The molecule has 0 bridgehead atoms. The second-order valence-corrected chi connectivity index (χ2v) is 4.82. The molecule has 16 heavy (non-hydrogen) atoms. The van der Waals surface area contributed by atoms with E-state index in [1.807, 2.05) is 0 Å². The standard InChI is InChI=1S/C13H21N3/c1-11(8-9-14)16(2)13-7-5-3-4-6-12(13)10-15/h11-13H,3-8H2,1-2H3. The maximum Gasteiger partial charge on any atom is 0.0672 e. The lowest BCUT2D eigenvalue weighted by molar-refractivity contribution is 0.145. The van der Waals surface area contributed by atoms with Crippen LogP contribution in [0.2, 0.25) is 0 Å². The van der Waals surface area contributed by atoms with Crippen LogP contribution < -0.4 is 0 Å². The topological polar surface area (TPSA) is 50.8 Å². The third-order valence-electron chi connectivity index (χ3n) is 3.75. The van der Waals surface area contributed by atoms with Crippen LogP contribution in [0.3, 0.4) is 0 Å². The molecule has 0 spiro atoms. The van der Waals surface area contributed by atoms with Crippen molar-refractivity contribution in [2.24, 2.45) is 5.92 Å². The van der Waals surface area contributed by atoms with Gasteiger partial charge in [0.15, 0.2) is 0 Å². The molecular weight excluding hydrogens is 198 g/mol. The van der Waals surface area contributed by atoms with Crippen molar-refractivity contribution in [3.05, 3.63) is 0 Å². The maximum atomic E-state index is 9.21. The molecule has 0 N–H and O–H groups in total. The lowest BCUT2D eigenvalue weighted by Gasteiger charge is -2.34. The van der Waals surface area contributed by atoms with Crippen molar-refractivity contribution in [2.75, 3.05) is 7.05 Å². The van der Waals surface area contributed by atoms with Crippen LogP contribution in [0, 0.1) is 28.6 Å². The van der Waals surface area contributed by atoms with Gasteiger partial charge in [0.05, 0.1) is 24.5 Å². The average molecular weight is 219 g/mol. The fourth-order valence-corrected chi connectivity index (χ4v) is 2.53. The van der Waals surface area contributed by atoms with Gasteiger partial charge in [-0.05, 0) is 26.8 Å². The molecule has 1 rings (SSSR count). The molecule has 0 saturated heterocycles. The molecule has 3 heteroatoms. The normalized spacial score (nSPS) is 27.8. The molecule has 1 aliphatic carbocycles. The van der Waals surface area contributed by atoms with Crippen molar-refractivity contribution in [2.45, 2.75) is 57.5 Å². The van der Waals surface area contributed by atoms with Crippen molar-refractivity contribution >= 4 is 0 Å². The van der Waals surface area contributed by atoms with Crippen molar-refractivity contribution in [3.8, 4) is 12.1 Å². The smallest absolute Gasteiger partial charge is 0.0672 e. The summed E-state index contributed by atoms with van der Waals surface area (Å²) >= 11 is 0. The van der Waals surface area contributed by atoms with Crippen molar-refractivity contribution < 1.29 is 0 Å². The fraction of sp³-hybridized carbons (Fsp3) is 0.846. The second kappa shape index (κ2) is 6.51. The van der Waals surface area contributed by atoms with Gasteiger partial charge in [-0.3, -0.25) is 4.90 Å². The SMILES string of the molecule is CC(CC#N)N(C)C1CCCCCC1C#N. The number of hydrogen-bond donors (Lipinski definition) is 0. The van der Waals surface area contributed by atoms with Gasteiger partial charge in [0.25, 0.3) is 0 Å². The van der Waals surface area contributed by atoms with E-state index < -0.39 is 0 Å². The molecule has 3 nitrogen and oxygen atoms in total. The number of hydrogen-bond acceptors (Lipinski definition) is 3. The van der Waals surface area contributed by atoms with Gasteiger partial charge in [0, 0.05) is 12.1 Å². The summed E-state index contributed by atoms with van der Waals surface area (Å²) in [4.78, 5) is 2.24. The van der Waals surface area contributed by atoms with Gasteiger partial charge in [-0.2, -0.15) is 10.5 Å². The summed E-state index contributed by atoms with van der Waals surface area (Å²) in [6.07, 6.45) is 6.30. The van der Waals surface area contributed by atoms with Crippen LogP contribution in [0.15, 0.2) is 0 Å². The Morgan fingerprint density at radius 3 is 2.56 bits per heavy atom. The Kier molecular flexibility index (Phi) is 5.29. The lowest BCUT2D eigenvalue weighted by Crippen LogP contribution is -2.42. The van der Waals surface area contributed by atoms with Gasteiger partial charge in [-0.25, -0.2) is 0 Å². The van der Waals surface area contributed by atoms with E-state index in [0.29, 0.717) is 12.5 Å². The highest BCUT2D eigenvalue weighted by atomic mass is 15.2. The van der Waals surface area contributed by atoms with Gasteiger partial charge in [0.2, 0.25) is 0 Å². The first kappa shape index (κ1) is 13.0. The van der Waals surface area contributed by atoms with E-state index in [9.17, 15) is 5.26 Å². The van der Waals surface area contributed by atoms with Crippen LogP contribution in [-0.4, -0.2) is 24.0 Å². The highest BCUT2D eigenvalue weighted by molar-refractivity contribution is 4.95. The first-order valence-corrected chi connectivity index (χ1v) is 6.19. The Morgan fingerprint density at radius 2 is 1.94 bits per heavy atom. The Hall–Kier alpha value is -1.06. The minimum atomic E-state index is 0.147. The summed E-state index contributed by atoms with van der Waals surface area (Å²) < 4.78 is 0. The molecule has 0 aromatic rings. The zero-order valence-electron chi connectivity index (χ0n) is 10.3. The summed E-state index contributed by atoms with van der Waals surface area (Å²) in [5, 5.41) is 17.9. The number of rotatable bonds is 3. The van der Waals surface area contributed by atoms with Gasteiger partial charge >= 0.3 is 0 Å². The molecule has 0 aliphatic heterocycles. The summed E-state index contributed by atoms with van der Waals surface area (Å²) in [6.45, 7) is 2.07. The Labute approximate surface area is 98.7 Å². The van der Waals surface area contributed by atoms with Crippen LogP contribution in [0.1, 0.15) is 45.4 Å². The molecular formula is C13H21N3. The first-order chi connectivity index (χ1) is 7.70. The fourth-order valence-electron chi connectivity index (χ4n) is 2.53. The van der Waals surface area contributed by atoms with Gasteiger partial charge < -0.3 is 0 Å². The molecule has 0 heterocycles. The average Bonchev–Trinajstić information content (AvgIpc) is 2.53. The summed E-state index contributed by atoms with van der Waals surface area (Å²) in [5.74, 6) is 0.147. The van der Waals surface area contributed by atoms with E-state index in [1.165, 1.54) is 19.3 Å². The van der Waals surface area contributed by atoms with Gasteiger partial charge in [0.1, 0.15) is 0 Å². The molecule has 0 aromatic heterocycles. The van der Waals surface area contributed by atoms with E-state index in [0.717, 1.165) is 12.8 Å². The highest BCUT2D eigenvalue weighted by Crippen LogP contribution is 2.27. The zero-order chi connectivity index (χ0) is 12.0.